The Hall–Kier alpha value is -0.740. The molecule has 1 aliphatic rings. The van der Waals surface area contributed by atoms with E-state index < -0.39 is 0 Å². The highest BCUT2D eigenvalue weighted by Crippen LogP contribution is 2.33. The van der Waals surface area contributed by atoms with E-state index in [0.29, 0.717) is 23.1 Å². The number of hydrogen-bond acceptors (Lipinski definition) is 2. The predicted molar refractivity (Wildman–Crippen MR) is 89.2 cm³/mol. The van der Waals surface area contributed by atoms with Crippen LogP contribution in [-0.4, -0.2) is 24.4 Å². The molecule has 1 fully saturated rings. The van der Waals surface area contributed by atoms with Gasteiger partial charge < -0.3 is 10.1 Å². The van der Waals surface area contributed by atoms with Gasteiger partial charge in [-0.2, -0.15) is 0 Å². The summed E-state index contributed by atoms with van der Waals surface area (Å²) in [6.45, 7) is 2.25. The average Bonchev–Trinajstić information content (AvgIpc) is 2.50. The third-order valence-corrected chi connectivity index (χ3v) is 5.49. The molecule has 5 heteroatoms. The topological polar surface area (TPSA) is 38.3 Å². The van der Waals surface area contributed by atoms with Crippen molar-refractivity contribution in [3.8, 4) is 5.75 Å². The molecule has 0 heterocycles. The first-order valence-electron chi connectivity index (χ1n) is 7.22. The first-order valence-corrected chi connectivity index (χ1v) is 8.54. The van der Waals surface area contributed by atoms with Gasteiger partial charge >= 0.3 is 0 Å². The average molecular weight is 375 g/mol. The van der Waals surface area contributed by atoms with Crippen LogP contribution in [-0.2, 0) is 0 Å². The molecule has 21 heavy (non-hydrogen) atoms. The lowest BCUT2D eigenvalue weighted by atomic mass is 9.78. The first-order chi connectivity index (χ1) is 9.99. The summed E-state index contributed by atoms with van der Waals surface area (Å²) in [5.41, 5.74) is 0.297. The van der Waals surface area contributed by atoms with Crippen LogP contribution in [0.15, 0.2) is 22.7 Å². The highest BCUT2D eigenvalue weighted by atomic mass is 79.9. The van der Waals surface area contributed by atoms with Crippen LogP contribution < -0.4 is 10.1 Å². The molecule has 0 bridgehead atoms. The third-order valence-electron chi connectivity index (χ3n) is 4.28. The molecule has 0 aromatic heterocycles. The molecule has 0 unspecified atom stereocenters. The highest BCUT2D eigenvalue weighted by molar-refractivity contribution is 9.10. The van der Waals surface area contributed by atoms with Gasteiger partial charge in [-0.3, -0.25) is 4.79 Å². The summed E-state index contributed by atoms with van der Waals surface area (Å²) < 4.78 is 5.95. The summed E-state index contributed by atoms with van der Waals surface area (Å²) in [7, 11) is 1.59. The quantitative estimate of drug-likeness (QED) is 0.794. The number of rotatable bonds is 4. The van der Waals surface area contributed by atoms with Gasteiger partial charge in [0.25, 0.3) is 5.91 Å². The van der Waals surface area contributed by atoms with Crippen LogP contribution in [0.2, 0.25) is 0 Å². The minimum Gasteiger partial charge on any atom is -0.497 e. The van der Waals surface area contributed by atoms with E-state index in [1.165, 1.54) is 0 Å². The standard InChI is InChI=1S/C16H21BrClNO2/c1-11-5-7-16(10-18,8-6-11)19-15(20)13-9-12(21-2)3-4-14(13)17/h3-4,9,11H,5-8,10H2,1-2H3,(H,19,20). The molecule has 0 aliphatic heterocycles. The monoisotopic (exact) mass is 373 g/mol. The van der Waals surface area contributed by atoms with Crippen molar-refractivity contribution >= 4 is 33.4 Å². The van der Waals surface area contributed by atoms with Crippen molar-refractivity contribution in [2.75, 3.05) is 13.0 Å². The van der Waals surface area contributed by atoms with Gasteiger partial charge in [0.15, 0.2) is 0 Å². The molecule has 1 aromatic carbocycles. The molecule has 2 rings (SSSR count). The zero-order valence-electron chi connectivity index (χ0n) is 12.4. The lowest BCUT2D eigenvalue weighted by molar-refractivity contribution is 0.0871. The minimum absolute atomic E-state index is 0.101. The summed E-state index contributed by atoms with van der Waals surface area (Å²) in [5, 5.41) is 3.15. The molecule has 1 N–H and O–H groups in total. The number of hydrogen-bond donors (Lipinski definition) is 1. The number of carbonyl (C=O) groups excluding carboxylic acids is 1. The van der Waals surface area contributed by atoms with Crippen LogP contribution in [0.4, 0.5) is 0 Å². The van der Waals surface area contributed by atoms with Gasteiger partial charge in [0.1, 0.15) is 5.75 Å². The van der Waals surface area contributed by atoms with Gasteiger partial charge in [-0.25, -0.2) is 0 Å². The van der Waals surface area contributed by atoms with Crippen molar-refractivity contribution in [3.63, 3.8) is 0 Å². The number of ether oxygens (including phenoxy) is 1. The Balaban J connectivity index is 2.16. The fraction of sp³-hybridized carbons (Fsp3) is 0.562. The van der Waals surface area contributed by atoms with Crippen molar-refractivity contribution in [2.45, 2.75) is 38.1 Å². The van der Waals surface area contributed by atoms with Crippen LogP contribution in [0.25, 0.3) is 0 Å². The summed E-state index contributed by atoms with van der Waals surface area (Å²) in [6, 6.07) is 5.39. The highest BCUT2D eigenvalue weighted by Gasteiger charge is 2.35. The summed E-state index contributed by atoms with van der Waals surface area (Å²) in [5.74, 6) is 1.73. The SMILES string of the molecule is COc1ccc(Br)c(C(=O)NC2(CCl)CCC(C)CC2)c1. The normalized spacial score (nSPS) is 25.4. The Kier molecular flexibility index (Phi) is 5.55. The van der Waals surface area contributed by atoms with E-state index in [1.807, 2.05) is 12.1 Å². The van der Waals surface area contributed by atoms with Crippen molar-refractivity contribution in [1.29, 1.82) is 0 Å². The lowest BCUT2D eigenvalue weighted by Gasteiger charge is -2.38. The van der Waals surface area contributed by atoms with Crippen LogP contribution in [0.3, 0.4) is 0 Å². The second-order valence-electron chi connectivity index (χ2n) is 5.90. The summed E-state index contributed by atoms with van der Waals surface area (Å²) in [6.07, 6.45) is 4.08. The molecule has 0 radical (unpaired) electrons. The summed E-state index contributed by atoms with van der Waals surface area (Å²) >= 11 is 9.59. The summed E-state index contributed by atoms with van der Waals surface area (Å²) in [4.78, 5) is 12.6. The number of halogens is 2. The Morgan fingerprint density at radius 2 is 2.14 bits per heavy atom. The van der Waals surface area contributed by atoms with Crippen LogP contribution in [0, 0.1) is 5.92 Å². The first kappa shape index (κ1) is 16.6. The molecule has 0 atom stereocenters. The van der Waals surface area contributed by atoms with Gasteiger partial charge in [0, 0.05) is 10.4 Å². The second-order valence-corrected chi connectivity index (χ2v) is 7.02. The van der Waals surface area contributed by atoms with E-state index >= 15 is 0 Å². The molecular weight excluding hydrogens is 354 g/mol. The second kappa shape index (κ2) is 7.01. The van der Waals surface area contributed by atoms with E-state index in [-0.39, 0.29) is 11.4 Å². The van der Waals surface area contributed by atoms with E-state index in [2.05, 4.69) is 28.2 Å². The molecular formula is C16H21BrClNO2. The maximum atomic E-state index is 12.6. The van der Waals surface area contributed by atoms with Crippen LogP contribution in [0.5, 0.6) is 5.75 Å². The minimum atomic E-state index is -0.284. The fourth-order valence-electron chi connectivity index (χ4n) is 2.72. The Labute approximate surface area is 139 Å². The van der Waals surface area contributed by atoms with Crippen LogP contribution >= 0.6 is 27.5 Å². The molecule has 3 nitrogen and oxygen atoms in total. The molecule has 116 valence electrons. The maximum Gasteiger partial charge on any atom is 0.253 e. The Morgan fingerprint density at radius 3 is 2.71 bits per heavy atom. The van der Waals surface area contributed by atoms with Gasteiger partial charge in [0.2, 0.25) is 0 Å². The third kappa shape index (κ3) is 3.92. The van der Waals surface area contributed by atoms with Crippen molar-refractivity contribution in [1.82, 2.24) is 5.32 Å². The largest absolute Gasteiger partial charge is 0.497 e. The Bertz CT molecular complexity index is 513. The van der Waals surface area contributed by atoms with Crippen molar-refractivity contribution in [2.24, 2.45) is 5.92 Å². The van der Waals surface area contributed by atoms with Gasteiger partial charge in [-0.1, -0.05) is 6.92 Å². The number of alkyl halides is 1. The smallest absolute Gasteiger partial charge is 0.253 e. The molecule has 1 aromatic rings. The van der Waals surface area contributed by atoms with Crippen LogP contribution in [0.1, 0.15) is 43.0 Å². The van der Waals surface area contributed by atoms with E-state index in [0.717, 1.165) is 30.2 Å². The number of nitrogens with one attached hydrogen (secondary N) is 1. The Morgan fingerprint density at radius 1 is 1.48 bits per heavy atom. The van der Waals surface area contributed by atoms with Gasteiger partial charge in [-0.15, -0.1) is 11.6 Å². The number of benzene rings is 1. The van der Waals surface area contributed by atoms with Crippen molar-refractivity contribution < 1.29 is 9.53 Å². The molecule has 1 amide bonds. The number of amides is 1. The van der Waals surface area contributed by atoms with E-state index in [4.69, 9.17) is 16.3 Å². The number of carbonyl (C=O) groups is 1. The fourth-order valence-corrected chi connectivity index (χ4v) is 3.48. The molecule has 0 saturated heterocycles. The lowest BCUT2D eigenvalue weighted by Crippen LogP contribution is -2.52. The zero-order chi connectivity index (χ0) is 15.5. The van der Waals surface area contributed by atoms with E-state index in [9.17, 15) is 4.79 Å². The molecule has 1 aliphatic carbocycles. The number of methoxy groups -OCH3 is 1. The predicted octanol–water partition coefficient (Wildman–Crippen LogP) is 4.38. The zero-order valence-corrected chi connectivity index (χ0v) is 14.8. The van der Waals surface area contributed by atoms with Gasteiger partial charge in [-0.05, 0) is 65.7 Å². The maximum absolute atomic E-state index is 12.6. The molecule has 1 saturated carbocycles. The van der Waals surface area contributed by atoms with Crippen molar-refractivity contribution in [3.05, 3.63) is 28.2 Å². The molecule has 0 spiro atoms. The van der Waals surface area contributed by atoms with E-state index in [1.54, 1.807) is 13.2 Å². The van der Waals surface area contributed by atoms with Gasteiger partial charge in [0.05, 0.1) is 18.2 Å².